The molecule has 9 heteroatoms. The molecule has 1 aromatic heterocycles. The van der Waals surface area contributed by atoms with Gasteiger partial charge in [-0.2, -0.15) is 0 Å². The summed E-state index contributed by atoms with van der Waals surface area (Å²) in [6, 6.07) is 0. The third kappa shape index (κ3) is 3.63. The van der Waals surface area contributed by atoms with Crippen molar-refractivity contribution < 1.29 is 13.2 Å². The van der Waals surface area contributed by atoms with E-state index < -0.39 is 9.84 Å². The smallest absolute Gasteiger partial charge is 0.284 e. The van der Waals surface area contributed by atoms with Gasteiger partial charge in [-0.15, -0.1) is 10.2 Å². The minimum absolute atomic E-state index is 0.0263. The summed E-state index contributed by atoms with van der Waals surface area (Å²) in [6.07, 6.45) is 0.965. The van der Waals surface area contributed by atoms with Gasteiger partial charge in [-0.1, -0.05) is 18.3 Å². The highest BCUT2D eigenvalue weighted by atomic mass is 32.2. The number of amides is 1. The molecule has 19 heavy (non-hydrogen) atoms. The van der Waals surface area contributed by atoms with Crippen LogP contribution < -0.4 is 5.32 Å². The molecule has 1 amide bonds. The molecule has 1 aliphatic rings. The lowest BCUT2D eigenvalue weighted by Crippen LogP contribution is -2.43. The Bertz CT molecular complexity index is 541. The van der Waals surface area contributed by atoms with E-state index in [1.54, 1.807) is 0 Å². The largest absolute Gasteiger partial charge is 0.360 e. The molecule has 0 bridgehead atoms. The number of rotatable bonds is 4. The van der Waals surface area contributed by atoms with E-state index >= 15 is 0 Å². The number of nitrogens with zero attached hydrogens (tertiary/aromatic N) is 3. The fourth-order valence-corrected chi connectivity index (χ4v) is 3.60. The summed E-state index contributed by atoms with van der Waals surface area (Å²) in [5.74, 6) is -0.186. The van der Waals surface area contributed by atoms with Crippen LogP contribution in [0.3, 0.4) is 0 Å². The van der Waals surface area contributed by atoms with Crippen molar-refractivity contribution in [3.8, 4) is 0 Å². The molecule has 106 valence electrons. The zero-order valence-electron chi connectivity index (χ0n) is 10.6. The van der Waals surface area contributed by atoms with E-state index in [0.29, 0.717) is 10.1 Å². The first-order chi connectivity index (χ1) is 9.02. The first-order valence-corrected chi connectivity index (χ1v) is 8.72. The maximum Gasteiger partial charge on any atom is 0.284 e. The summed E-state index contributed by atoms with van der Waals surface area (Å²) in [5, 5.41) is 11.7. The number of anilines is 1. The fourth-order valence-electron chi connectivity index (χ4n) is 1.66. The van der Waals surface area contributed by atoms with Gasteiger partial charge < -0.3 is 10.2 Å². The summed E-state index contributed by atoms with van der Waals surface area (Å²) >= 11 is 1.20. The maximum absolute atomic E-state index is 12.1. The van der Waals surface area contributed by atoms with Crippen LogP contribution in [-0.4, -0.2) is 60.6 Å². The van der Waals surface area contributed by atoms with E-state index in [2.05, 4.69) is 15.5 Å². The predicted octanol–water partition coefficient (Wildman–Crippen LogP) is 0.231. The normalized spacial score (nSPS) is 18.3. The molecule has 1 aromatic rings. The Kier molecular flexibility index (Phi) is 4.35. The third-order valence-electron chi connectivity index (χ3n) is 2.77. The van der Waals surface area contributed by atoms with Gasteiger partial charge in [0, 0.05) is 19.6 Å². The minimum Gasteiger partial charge on any atom is -0.360 e. The monoisotopic (exact) mass is 304 g/mol. The van der Waals surface area contributed by atoms with Crippen LogP contribution in [-0.2, 0) is 9.84 Å². The van der Waals surface area contributed by atoms with Gasteiger partial charge in [0.05, 0.1) is 11.5 Å². The number of carbonyl (C=O) groups excluding carboxylic acids is 1. The Morgan fingerprint density at radius 3 is 2.68 bits per heavy atom. The van der Waals surface area contributed by atoms with Crippen molar-refractivity contribution in [2.45, 2.75) is 13.3 Å². The molecule has 0 radical (unpaired) electrons. The number of sulfone groups is 1. The highest BCUT2D eigenvalue weighted by molar-refractivity contribution is 7.91. The molecule has 0 unspecified atom stereocenters. The van der Waals surface area contributed by atoms with E-state index in [9.17, 15) is 13.2 Å². The fraction of sp³-hybridized carbons (Fsp3) is 0.700. The van der Waals surface area contributed by atoms with Crippen LogP contribution in [0.15, 0.2) is 0 Å². The van der Waals surface area contributed by atoms with E-state index in [4.69, 9.17) is 0 Å². The summed E-state index contributed by atoms with van der Waals surface area (Å²) < 4.78 is 22.6. The summed E-state index contributed by atoms with van der Waals surface area (Å²) in [7, 11) is -2.98. The van der Waals surface area contributed by atoms with Gasteiger partial charge in [-0.3, -0.25) is 4.79 Å². The van der Waals surface area contributed by atoms with Gasteiger partial charge in [-0.05, 0) is 6.42 Å². The Morgan fingerprint density at radius 1 is 1.37 bits per heavy atom. The van der Waals surface area contributed by atoms with Gasteiger partial charge in [0.25, 0.3) is 5.91 Å². The topological polar surface area (TPSA) is 92.3 Å². The molecule has 1 aliphatic heterocycles. The molecule has 0 spiro atoms. The first kappa shape index (κ1) is 14.2. The molecular weight excluding hydrogens is 288 g/mol. The number of carbonyl (C=O) groups is 1. The summed E-state index contributed by atoms with van der Waals surface area (Å²) in [6.45, 7) is 3.29. The lowest BCUT2D eigenvalue weighted by molar-refractivity contribution is 0.0769. The highest BCUT2D eigenvalue weighted by Crippen LogP contribution is 2.18. The minimum atomic E-state index is -2.98. The van der Waals surface area contributed by atoms with Crippen LogP contribution in [0, 0.1) is 0 Å². The molecule has 0 aromatic carbocycles. The Labute approximate surface area is 115 Å². The van der Waals surface area contributed by atoms with Gasteiger partial charge >= 0.3 is 0 Å². The maximum atomic E-state index is 12.1. The number of nitrogens with one attached hydrogen (secondary N) is 1. The van der Waals surface area contributed by atoms with Crippen LogP contribution in [0.1, 0.15) is 23.1 Å². The SMILES string of the molecule is CCCNc1nnc(C(=O)N2CCS(=O)(=O)CC2)s1. The van der Waals surface area contributed by atoms with Gasteiger partial charge in [-0.25, -0.2) is 8.42 Å². The first-order valence-electron chi connectivity index (χ1n) is 6.09. The van der Waals surface area contributed by atoms with E-state index in [1.165, 1.54) is 16.2 Å². The lowest BCUT2D eigenvalue weighted by Gasteiger charge is -2.25. The van der Waals surface area contributed by atoms with Crippen LogP contribution >= 0.6 is 11.3 Å². The second-order valence-electron chi connectivity index (χ2n) is 4.28. The zero-order chi connectivity index (χ0) is 13.9. The van der Waals surface area contributed by atoms with Crippen molar-refractivity contribution in [1.29, 1.82) is 0 Å². The third-order valence-corrected chi connectivity index (χ3v) is 5.24. The molecule has 1 N–H and O–H groups in total. The van der Waals surface area contributed by atoms with Crippen molar-refractivity contribution in [2.24, 2.45) is 0 Å². The van der Waals surface area contributed by atoms with Crippen LogP contribution in [0.2, 0.25) is 0 Å². The molecule has 0 aliphatic carbocycles. The number of hydrogen-bond donors (Lipinski definition) is 1. The number of hydrogen-bond acceptors (Lipinski definition) is 7. The van der Waals surface area contributed by atoms with Crippen molar-refractivity contribution >= 4 is 32.2 Å². The van der Waals surface area contributed by atoms with Gasteiger partial charge in [0.1, 0.15) is 0 Å². The summed E-state index contributed by atoms with van der Waals surface area (Å²) in [5.41, 5.74) is 0. The van der Waals surface area contributed by atoms with Crippen molar-refractivity contribution in [1.82, 2.24) is 15.1 Å². The van der Waals surface area contributed by atoms with Gasteiger partial charge in [0.2, 0.25) is 10.1 Å². The van der Waals surface area contributed by atoms with Crippen LogP contribution in [0.25, 0.3) is 0 Å². The zero-order valence-corrected chi connectivity index (χ0v) is 12.3. The molecule has 7 nitrogen and oxygen atoms in total. The van der Waals surface area contributed by atoms with E-state index in [0.717, 1.165) is 13.0 Å². The number of aromatic nitrogens is 2. The average molecular weight is 304 g/mol. The Morgan fingerprint density at radius 2 is 2.05 bits per heavy atom. The van der Waals surface area contributed by atoms with Gasteiger partial charge in [0.15, 0.2) is 9.84 Å². The molecule has 2 heterocycles. The van der Waals surface area contributed by atoms with E-state index in [1.807, 2.05) is 6.92 Å². The Hall–Kier alpha value is -1.22. The van der Waals surface area contributed by atoms with Crippen molar-refractivity contribution in [2.75, 3.05) is 36.5 Å². The van der Waals surface area contributed by atoms with E-state index in [-0.39, 0.29) is 30.5 Å². The lowest BCUT2D eigenvalue weighted by atomic mass is 10.4. The quantitative estimate of drug-likeness (QED) is 0.856. The molecule has 2 rings (SSSR count). The molecular formula is C10H16N4O3S2. The van der Waals surface area contributed by atoms with Crippen molar-refractivity contribution in [3.63, 3.8) is 0 Å². The predicted molar refractivity (Wildman–Crippen MR) is 73.2 cm³/mol. The second-order valence-corrected chi connectivity index (χ2v) is 7.56. The Balaban J connectivity index is 1.98. The molecule has 1 saturated heterocycles. The molecule has 0 saturated carbocycles. The standard InChI is InChI=1S/C10H16N4O3S2/c1-2-3-11-10-13-12-8(18-10)9(15)14-4-6-19(16,17)7-5-14/h2-7H2,1H3,(H,11,13). The second kappa shape index (κ2) is 5.83. The highest BCUT2D eigenvalue weighted by Gasteiger charge is 2.27. The summed E-state index contributed by atoms with van der Waals surface area (Å²) in [4.78, 5) is 13.6. The van der Waals surface area contributed by atoms with Crippen LogP contribution in [0.5, 0.6) is 0 Å². The molecule has 0 atom stereocenters. The van der Waals surface area contributed by atoms with Crippen LogP contribution in [0.4, 0.5) is 5.13 Å². The van der Waals surface area contributed by atoms with Crippen molar-refractivity contribution in [3.05, 3.63) is 5.01 Å². The molecule has 1 fully saturated rings. The average Bonchev–Trinajstić information content (AvgIpc) is 2.84.